The van der Waals surface area contributed by atoms with Crippen LogP contribution in [-0.4, -0.2) is 36.5 Å². The minimum absolute atomic E-state index is 0.0869. The first-order chi connectivity index (χ1) is 9.51. The smallest absolute Gasteiger partial charge is 0.224 e. The number of halogens is 2. The zero-order valence-corrected chi connectivity index (χ0v) is 14.2. The molecule has 0 radical (unpaired) electrons. The number of nitrogens with two attached hydrogens (primary N) is 1. The van der Waals surface area contributed by atoms with E-state index >= 15 is 0 Å². The first kappa shape index (κ1) is 17.3. The number of benzene rings is 1. The fourth-order valence-corrected chi connectivity index (χ4v) is 2.43. The molecule has 0 bridgehead atoms. The third kappa shape index (κ3) is 4.96. The van der Waals surface area contributed by atoms with Crippen LogP contribution in [0.4, 0.5) is 5.69 Å². The van der Waals surface area contributed by atoms with Gasteiger partial charge in [0.25, 0.3) is 0 Å². The number of hydrogen-bond donors (Lipinski definition) is 2. The largest absolute Gasteiger partial charge is 0.380 e. The van der Waals surface area contributed by atoms with E-state index in [2.05, 4.69) is 21.2 Å². The molecule has 0 heterocycles. The van der Waals surface area contributed by atoms with Crippen LogP contribution < -0.4 is 11.1 Å². The lowest BCUT2D eigenvalue weighted by atomic mass is 10.1. The highest BCUT2D eigenvalue weighted by Gasteiger charge is 2.16. The highest BCUT2D eigenvalue weighted by molar-refractivity contribution is 9.10. The summed E-state index contributed by atoms with van der Waals surface area (Å²) in [6.45, 7) is 5.79. The van der Waals surface area contributed by atoms with E-state index in [0.29, 0.717) is 18.0 Å². The molecular formula is C14H21BrClN3O. The summed E-state index contributed by atoms with van der Waals surface area (Å²) in [7, 11) is 0. The lowest BCUT2D eigenvalue weighted by molar-refractivity contribution is -0.131. The topological polar surface area (TPSA) is 58.4 Å². The highest BCUT2D eigenvalue weighted by Crippen LogP contribution is 2.26. The van der Waals surface area contributed by atoms with E-state index in [4.69, 9.17) is 17.3 Å². The van der Waals surface area contributed by atoms with Crippen LogP contribution in [0.5, 0.6) is 0 Å². The summed E-state index contributed by atoms with van der Waals surface area (Å²) in [5, 5.41) is 3.92. The number of hydrogen-bond acceptors (Lipinski definition) is 3. The van der Waals surface area contributed by atoms with Gasteiger partial charge in [-0.05, 0) is 48.0 Å². The van der Waals surface area contributed by atoms with Gasteiger partial charge in [0.15, 0.2) is 0 Å². The Morgan fingerprint density at radius 1 is 1.45 bits per heavy atom. The fourth-order valence-electron chi connectivity index (χ4n) is 1.93. The maximum atomic E-state index is 12.1. The summed E-state index contributed by atoms with van der Waals surface area (Å²) >= 11 is 9.33. The van der Waals surface area contributed by atoms with E-state index in [1.54, 1.807) is 6.07 Å². The van der Waals surface area contributed by atoms with Crippen molar-refractivity contribution in [2.24, 2.45) is 5.73 Å². The van der Waals surface area contributed by atoms with Crippen LogP contribution in [0, 0.1) is 0 Å². The number of rotatable bonds is 7. The van der Waals surface area contributed by atoms with E-state index in [1.807, 2.05) is 30.9 Å². The first-order valence-corrected chi connectivity index (χ1v) is 7.88. The van der Waals surface area contributed by atoms with E-state index in [-0.39, 0.29) is 11.9 Å². The molecule has 1 aromatic rings. The molecule has 3 N–H and O–H groups in total. The quantitative estimate of drug-likeness (QED) is 0.783. The predicted octanol–water partition coefficient (Wildman–Crippen LogP) is 3.10. The molecule has 0 spiro atoms. The van der Waals surface area contributed by atoms with Crippen LogP contribution in [0.3, 0.4) is 0 Å². The molecule has 0 aromatic heterocycles. The van der Waals surface area contributed by atoms with Crippen molar-refractivity contribution < 1.29 is 4.79 Å². The molecular weight excluding hydrogens is 342 g/mol. The molecule has 0 fully saturated rings. The number of nitrogens with one attached hydrogen (secondary N) is 1. The maximum absolute atomic E-state index is 12.1. The number of carbonyl (C=O) groups excluding carboxylic acids is 1. The van der Waals surface area contributed by atoms with Crippen LogP contribution >= 0.6 is 27.5 Å². The Morgan fingerprint density at radius 3 is 2.60 bits per heavy atom. The number of anilines is 1. The molecule has 1 atom stereocenters. The van der Waals surface area contributed by atoms with Crippen molar-refractivity contribution in [3.63, 3.8) is 0 Å². The highest BCUT2D eigenvalue weighted by atomic mass is 79.9. The Hall–Kier alpha value is -0.780. The molecule has 6 heteroatoms. The molecule has 0 aliphatic rings. The van der Waals surface area contributed by atoms with E-state index in [0.717, 1.165) is 23.2 Å². The average molecular weight is 363 g/mol. The van der Waals surface area contributed by atoms with E-state index < -0.39 is 0 Å². The van der Waals surface area contributed by atoms with Gasteiger partial charge < -0.3 is 16.0 Å². The molecule has 0 saturated carbocycles. The van der Waals surface area contributed by atoms with Gasteiger partial charge in [-0.25, -0.2) is 0 Å². The summed E-state index contributed by atoms with van der Waals surface area (Å²) in [5.41, 5.74) is 6.64. The third-order valence-electron chi connectivity index (χ3n) is 3.11. The second kappa shape index (κ2) is 8.49. The zero-order chi connectivity index (χ0) is 15.1. The van der Waals surface area contributed by atoms with E-state index in [9.17, 15) is 4.79 Å². The van der Waals surface area contributed by atoms with Gasteiger partial charge in [0.1, 0.15) is 0 Å². The predicted molar refractivity (Wildman–Crippen MR) is 88.2 cm³/mol. The van der Waals surface area contributed by atoms with Crippen molar-refractivity contribution in [1.82, 2.24) is 4.90 Å². The summed E-state index contributed by atoms with van der Waals surface area (Å²) in [5.74, 6) is 0.117. The van der Waals surface area contributed by atoms with Crippen molar-refractivity contribution >= 4 is 39.1 Å². The molecule has 0 saturated heterocycles. The molecule has 4 nitrogen and oxygen atoms in total. The van der Waals surface area contributed by atoms with Gasteiger partial charge in [-0.3, -0.25) is 4.79 Å². The summed E-state index contributed by atoms with van der Waals surface area (Å²) in [6.07, 6.45) is 0.387. The summed E-state index contributed by atoms with van der Waals surface area (Å²) in [4.78, 5) is 13.9. The maximum Gasteiger partial charge on any atom is 0.224 e. The normalized spacial score (nSPS) is 12.1. The third-order valence-corrected chi connectivity index (χ3v) is 4.33. The Balaban J connectivity index is 2.67. The Kier molecular flexibility index (Phi) is 7.34. The van der Waals surface area contributed by atoms with Crippen LogP contribution in [-0.2, 0) is 4.79 Å². The molecule has 0 aliphatic heterocycles. The summed E-state index contributed by atoms with van der Waals surface area (Å²) in [6, 6.07) is 5.47. The molecule has 1 amide bonds. The first-order valence-electron chi connectivity index (χ1n) is 6.71. The minimum atomic E-state index is -0.0869. The van der Waals surface area contributed by atoms with Crippen LogP contribution in [0.1, 0.15) is 20.3 Å². The van der Waals surface area contributed by atoms with Crippen molar-refractivity contribution in [3.8, 4) is 0 Å². The monoisotopic (exact) mass is 361 g/mol. The van der Waals surface area contributed by atoms with Crippen molar-refractivity contribution in [3.05, 3.63) is 27.7 Å². The molecule has 20 heavy (non-hydrogen) atoms. The molecule has 0 aliphatic carbocycles. The Morgan fingerprint density at radius 2 is 2.10 bits per heavy atom. The van der Waals surface area contributed by atoms with Gasteiger partial charge >= 0.3 is 0 Å². The zero-order valence-electron chi connectivity index (χ0n) is 11.8. The van der Waals surface area contributed by atoms with Gasteiger partial charge in [0.2, 0.25) is 5.91 Å². The number of amides is 1. The van der Waals surface area contributed by atoms with Crippen LogP contribution in [0.25, 0.3) is 0 Å². The fraction of sp³-hybridized carbons (Fsp3) is 0.500. The van der Waals surface area contributed by atoms with Crippen molar-refractivity contribution in [2.45, 2.75) is 26.3 Å². The number of carbonyl (C=O) groups is 1. The lowest BCUT2D eigenvalue weighted by Gasteiger charge is -2.23. The SMILES string of the molecule is CCN(CC)C(=O)CC(CN)Nc1ccc(Cl)c(Br)c1. The van der Waals surface area contributed by atoms with Crippen LogP contribution in [0.2, 0.25) is 5.02 Å². The van der Waals surface area contributed by atoms with Crippen molar-refractivity contribution in [1.29, 1.82) is 0 Å². The standard InChI is InChI=1S/C14H21BrClN3O/c1-3-19(4-2)14(20)8-11(9-17)18-10-5-6-13(16)12(15)7-10/h5-7,11,18H,3-4,8-9,17H2,1-2H3. The van der Waals surface area contributed by atoms with Gasteiger partial charge in [-0.1, -0.05) is 11.6 Å². The van der Waals surface area contributed by atoms with Gasteiger partial charge in [-0.2, -0.15) is 0 Å². The second-order valence-corrected chi connectivity index (χ2v) is 5.74. The van der Waals surface area contributed by atoms with Gasteiger partial charge in [-0.15, -0.1) is 0 Å². The van der Waals surface area contributed by atoms with E-state index in [1.165, 1.54) is 0 Å². The minimum Gasteiger partial charge on any atom is -0.380 e. The lowest BCUT2D eigenvalue weighted by Crippen LogP contribution is -2.38. The number of nitrogens with zero attached hydrogens (tertiary/aromatic N) is 1. The average Bonchev–Trinajstić information content (AvgIpc) is 2.43. The second-order valence-electron chi connectivity index (χ2n) is 4.48. The Bertz CT molecular complexity index is 452. The van der Waals surface area contributed by atoms with Crippen molar-refractivity contribution in [2.75, 3.05) is 25.0 Å². The van der Waals surface area contributed by atoms with Gasteiger partial charge in [0.05, 0.1) is 5.02 Å². The van der Waals surface area contributed by atoms with Crippen LogP contribution in [0.15, 0.2) is 22.7 Å². The summed E-state index contributed by atoms with van der Waals surface area (Å²) < 4.78 is 0.815. The molecule has 1 aromatic carbocycles. The Labute approximate surface area is 133 Å². The molecule has 1 rings (SSSR count). The molecule has 1 unspecified atom stereocenters. The molecule has 112 valence electrons. The van der Waals surface area contributed by atoms with Gasteiger partial charge in [0, 0.05) is 42.3 Å².